The van der Waals surface area contributed by atoms with Gasteiger partial charge in [0, 0.05) is 14.2 Å². The summed E-state index contributed by atoms with van der Waals surface area (Å²) >= 11 is 0. The SMILES string of the molecule is CO[SiH](CCCC1CCCCCC1)OC. The summed E-state index contributed by atoms with van der Waals surface area (Å²) in [4.78, 5) is 0. The largest absolute Gasteiger partial charge is 0.400 e. The highest BCUT2D eigenvalue weighted by Crippen LogP contribution is 2.27. The Labute approximate surface area is 96.2 Å². The predicted octanol–water partition coefficient (Wildman–Crippen LogP) is 3.25. The molecule has 15 heavy (non-hydrogen) atoms. The lowest BCUT2D eigenvalue weighted by Gasteiger charge is -2.15. The molecule has 1 aliphatic carbocycles. The van der Waals surface area contributed by atoms with Gasteiger partial charge in [-0.05, 0) is 12.0 Å². The topological polar surface area (TPSA) is 18.5 Å². The minimum absolute atomic E-state index is 0.996. The maximum absolute atomic E-state index is 5.33. The fourth-order valence-electron chi connectivity index (χ4n) is 2.56. The minimum atomic E-state index is -1.28. The molecule has 0 unspecified atom stereocenters. The number of hydrogen-bond donors (Lipinski definition) is 0. The number of hydrogen-bond acceptors (Lipinski definition) is 2. The first kappa shape index (κ1) is 13.2. The van der Waals surface area contributed by atoms with Crippen LogP contribution in [0, 0.1) is 5.92 Å². The van der Waals surface area contributed by atoms with Crippen molar-refractivity contribution in [2.24, 2.45) is 5.92 Å². The van der Waals surface area contributed by atoms with Gasteiger partial charge in [0.1, 0.15) is 0 Å². The molecule has 3 heteroatoms. The first-order chi connectivity index (χ1) is 7.36. The van der Waals surface area contributed by atoms with Crippen LogP contribution in [0.4, 0.5) is 0 Å². The predicted molar refractivity (Wildman–Crippen MR) is 66.4 cm³/mol. The smallest absolute Gasteiger partial charge is 0.320 e. The Morgan fingerprint density at radius 3 is 2.13 bits per heavy atom. The Bertz CT molecular complexity index is 141. The van der Waals surface area contributed by atoms with E-state index in [0.29, 0.717) is 0 Å². The summed E-state index contributed by atoms with van der Waals surface area (Å²) in [6.07, 6.45) is 11.5. The van der Waals surface area contributed by atoms with Gasteiger partial charge in [-0.3, -0.25) is 0 Å². The summed E-state index contributed by atoms with van der Waals surface area (Å²) in [5, 5.41) is 0. The van der Waals surface area contributed by atoms with Gasteiger partial charge in [0.15, 0.2) is 0 Å². The molecule has 0 aliphatic heterocycles. The van der Waals surface area contributed by atoms with Crippen LogP contribution in [0.2, 0.25) is 6.04 Å². The van der Waals surface area contributed by atoms with Crippen LogP contribution in [-0.4, -0.2) is 23.5 Å². The van der Waals surface area contributed by atoms with Crippen molar-refractivity contribution in [3.05, 3.63) is 0 Å². The van der Waals surface area contributed by atoms with Gasteiger partial charge >= 0.3 is 9.28 Å². The maximum atomic E-state index is 5.33. The summed E-state index contributed by atoms with van der Waals surface area (Å²) in [5.41, 5.74) is 0. The zero-order valence-electron chi connectivity index (χ0n) is 10.3. The van der Waals surface area contributed by atoms with E-state index >= 15 is 0 Å². The van der Waals surface area contributed by atoms with Crippen molar-refractivity contribution in [1.29, 1.82) is 0 Å². The van der Waals surface area contributed by atoms with Crippen molar-refractivity contribution in [3.8, 4) is 0 Å². The Morgan fingerprint density at radius 1 is 1.00 bits per heavy atom. The summed E-state index contributed by atoms with van der Waals surface area (Å²) < 4.78 is 10.7. The van der Waals surface area contributed by atoms with Crippen molar-refractivity contribution in [1.82, 2.24) is 0 Å². The highest BCUT2D eigenvalue weighted by atomic mass is 28.3. The first-order valence-electron chi connectivity index (χ1n) is 6.42. The molecule has 90 valence electrons. The van der Waals surface area contributed by atoms with E-state index in [-0.39, 0.29) is 0 Å². The van der Waals surface area contributed by atoms with Crippen molar-refractivity contribution in [2.75, 3.05) is 14.2 Å². The fraction of sp³-hybridized carbons (Fsp3) is 1.00. The third-order valence-corrected chi connectivity index (χ3v) is 5.48. The van der Waals surface area contributed by atoms with Gasteiger partial charge in [0.05, 0.1) is 0 Å². The molecule has 0 amide bonds. The Balaban J connectivity index is 2.07. The van der Waals surface area contributed by atoms with E-state index in [0.717, 1.165) is 5.92 Å². The van der Waals surface area contributed by atoms with Gasteiger partial charge in [-0.25, -0.2) is 0 Å². The van der Waals surface area contributed by atoms with Crippen molar-refractivity contribution >= 4 is 9.28 Å². The standard InChI is InChI=1S/C12H26O2Si/c1-13-15(14-2)11-7-10-12-8-5-3-4-6-9-12/h12,15H,3-11H2,1-2H3. The maximum Gasteiger partial charge on any atom is 0.320 e. The average molecular weight is 230 g/mol. The van der Waals surface area contributed by atoms with Crippen LogP contribution >= 0.6 is 0 Å². The van der Waals surface area contributed by atoms with E-state index < -0.39 is 9.28 Å². The molecule has 0 atom stereocenters. The third-order valence-electron chi connectivity index (χ3n) is 3.55. The third kappa shape index (κ3) is 5.69. The molecule has 0 aromatic carbocycles. The highest BCUT2D eigenvalue weighted by molar-refractivity contribution is 6.44. The molecular formula is C12H26O2Si. The van der Waals surface area contributed by atoms with Gasteiger partial charge in [-0.2, -0.15) is 0 Å². The van der Waals surface area contributed by atoms with E-state index in [1.165, 1.54) is 57.4 Å². The second-order valence-electron chi connectivity index (χ2n) is 4.69. The molecule has 0 aromatic heterocycles. The van der Waals surface area contributed by atoms with Crippen LogP contribution in [0.25, 0.3) is 0 Å². The summed E-state index contributed by atoms with van der Waals surface area (Å²) in [6, 6.07) is 1.18. The first-order valence-corrected chi connectivity index (χ1v) is 8.18. The van der Waals surface area contributed by atoms with Gasteiger partial charge in [0.2, 0.25) is 0 Å². The monoisotopic (exact) mass is 230 g/mol. The molecular weight excluding hydrogens is 204 g/mol. The van der Waals surface area contributed by atoms with E-state index in [1.807, 2.05) is 0 Å². The van der Waals surface area contributed by atoms with Crippen LogP contribution < -0.4 is 0 Å². The molecule has 2 nitrogen and oxygen atoms in total. The Morgan fingerprint density at radius 2 is 1.60 bits per heavy atom. The van der Waals surface area contributed by atoms with Crippen LogP contribution in [0.3, 0.4) is 0 Å². The van der Waals surface area contributed by atoms with E-state index in [9.17, 15) is 0 Å². The molecule has 0 N–H and O–H groups in total. The summed E-state index contributed by atoms with van der Waals surface area (Å²) in [5.74, 6) is 0.996. The second kappa shape index (κ2) is 8.31. The van der Waals surface area contributed by atoms with Crippen LogP contribution in [0.5, 0.6) is 0 Å². The quantitative estimate of drug-likeness (QED) is 0.515. The van der Waals surface area contributed by atoms with E-state index in [1.54, 1.807) is 14.2 Å². The van der Waals surface area contributed by atoms with E-state index in [4.69, 9.17) is 8.85 Å². The van der Waals surface area contributed by atoms with Crippen LogP contribution in [-0.2, 0) is 8.85 Å². The minimum Gasteiger partial charge on any atom is -0.400 e. The fourth-order valence-corrected chi connectivity index (χ4v) is 3.79. The molecule has 1 rings (SSSR count). The molecule has 1 aliphatic rings. The summed E-state index contributed by atoms with van der Waals surface area (Å²) in [6.45, 7) is 0. The van der Waals surface area contributed by atoms with Crippen molar-refractivity contribution in [3.63, 3.8) is 0 Å². The molecule has 0 heterocycles. The average Bonchev–Trinajstić information content (AvgIpc) is 2.53. The van der Waals surface area contributed by atoms with Gasteiger partial charge < -0.3 is 8.85 Å². The summed E-state index contributed by atoms with van der Waals surface area (Å²) in [7, 11) is 2.29. The number of rotatable bonds is 6. The van der Waals surface area contributed by atoms with E-state index in [2.05, 4.69) is 0 Å². The molecule has 0 radical (unpaired) electrons. The van der Waals surface area contributed by atoms with Gasteiger partial charge in [0.25, 0.3) is 0 Å². The van der Waals surface area contributed by atoms with Gasteiger partial charge in [-0.15, -0.1) is 0 Å². The lowest BCUT2D eigenvalue weighted by atomic mass is 9.95. The zero-order chi connectivity index (χ0) is 10.9. The van der Waals surface area contributed by atoms with Gasteiger partial charge in [-0.1, -0.05) is 51.4 Å². The highest BCUT2D eigenvalue weighted by Gasteiger charge is 2.14. The van der Waals surface area contributed by atoms with Crippen LogP contribution in [0.1, 0.15) is 51.4 Å². The second-order valence-corrected chi connectivity index (χ2v) is 7.07. The molecule has 1 fully saturated rings. The van der Waals surface area contributed by atoms with Crippen LogP contribution in [0.15, 0.2) is 0 Å². The zero-order valence-corrected chi connectivity index (χ0v) is 11.5. The molecule has 0 saturated heterocycles. The normalized spacial score (nSPS) is 19.4. The molecule has 0 spiro atoms. The lowest BCUT2D eigenvalue weighted by molar-refractivity contribution is 0.274. The van der Waals surface area contributed by atoms with Crippen molar-refractivity contribution in [2.45, 2.75) is 57.4 Å². The molecule has 1 saturated carbocycles. The Kier molecular flexibility index (Phi) is 7.31. The molecule has 0 bridgehead atoms. The Hall–Kier alpha value is 0.137. The van der Waals surface area contributed by atoms with Crippen molar-refractivity contribution < 1.29 is 8.85 Å². The molecule has 0 aromatic rings. The lowest BCUT2D eigenvalue weighted by Crippen LogP contribution is -2.18.